The van der Waals surface area contributed by atoms with Gasteiger partial charge in [-0.15, -0.1) is 0 Å². The van der Waals surface area contributed by atoms with E-state index in [0.29, 0.717) is 12.0 Å². The fraction of sp³-hybridized carbons (Fsp3) is 0.857. The fourth-order valence-electron chi connectivity index (χ4n) is 3.23. The molecule has 0 aromatic rings. The first-order valence-corrected chi connectivity index (χ1v) is 11.3. The molecule has 2 aliphatic rings. The zero-order chi connectivity index (χ0) is 13.0. The van der Waals surface area contributed by atoms with Crippen LogP contribution in [0.4, 0.5) is 0 Å². The van der Waals surface area contributed by atoms with Crippen molar-refractivity contribution in [3.8, 4) is 0 Å². The molecule has 2 rings (SSSR count). The first kappa shape index (κ1) is 15.2. The van der Waals surface area contributed by atoms with Gasteiger partial charge in [0.2, 0.25) is 0 Å². The number of nitrogens with two attached hydrogens (primary N) is 1. The van der Waals surface area contributed by atoms with E-state index in [-0.39, 0.29) is 0 Å². The summed E-state index contributed by atoms with van der Waals surface area (Å²) >= 11 is 2.50. The van der Waals surface area contributed by atoms with Gasteiger partial charge in [-0.1, -0.05) is 25.0 Å². The van der Waals surface area contributed by atoms with Crippen molar-refractivity contribution < 1.29 is 0 Å². The van der Waals surface area contributed by atoms with Crippen molar-refractivity contribution in [2.24, 2.45) is 17.6 Å². The highest BCUT2D eigenvalue weighted by Crippen LogP contribution is 2.36. The van der Waals surface area contributed by atoms with Crippen LogP contribution in [0.2, 0.25) is 0 Å². The van der Waals surface area contributed by atoms with Gasteiger partial charge in [-0.3, -0.25) is 4.67 Å². The molecule has 0 amide bonds. The molecule has 1 saturated heterocycles. The van der Waals surface area contributed by atoms with Crippen LogP contribution in [0, 0.1) is 11.8 Å². The average molecular weight is 380 g/mol. The number of nitrogens with zero attached hydrogens (tertiary/aromatic N) is 1. The van der Waals surface area contributed by atoms with Crippen LogP contribution in [-0.4, -0.2) is 23.8 Å². The predicted octanol–water partition coefficient (Wildman–Crippen LogP) is 4.11. The highest BCUT2D eigenvalue weighted by atomic mass is 127. The molecular formula is C14H26IN2P. The van der Waals surface area contributed by atoms with Crippen molar-refractivity contribution in [1.29, 1.82) is 0 Å². The monoisotopic (exact) mass is 380 g/mol. The smallest absolute Gasteiger partial charge is 0.0161 e. The molecule has 1 aliphatic heterocycles. The molecule has 0 aromatic carbocycles. The van der Waals surface area contributed by atoms with E-state index in [4.69, 9.17) is 5.73 Å². The lowest BCUT2D eigenvalue weighted by atomic mass is 9.81. The molecule has 2 N–H and O–H groups in total. The summed E-state index contributed by atoms with van der Waals surface area (Å²) in [6, 6.07) is 0.400. The Hall–Kier alpha value is 0.820. The summed E-state index contributed by atoms with van der Waals surface area (Å²) < 4.78 is 2.58. The topological polar surface area (TPSA) is 29.3 Å². The maximum atomic E-state index is 6.38. The molecule has 2 nitrogen and oxygen atoms in total. The number of allylic oxidation sites excluding steroid dienone is 1. The number of halogens is 1. The second kappa shape index (κ2) is 7.56. The average Bonchev–Trinajstić information content (AvgIpc) is 2.35. The first-order chi connectivity index (χ1) is 8.70. The first-order valence-electron chi connectivity index (χ1n) is 7.26. The summed E-state index contributed by atoms with van der Waals surface area (Å²) in [6.45, 7) is 4.79. The van der Waals surface area contributed by atoms with Gasteiger partial charge in [0.05, 0.1) is 0 Å². The molecule has 1 heterocycles. The van der Waals surface area contributed by atoms with E-state index in [1.165, 1.54) is 51.6 Å². The minimum absolute atomic E-state index is 0.400. The van der Waals surface area contributed by atoms with Gasteiger partial charge in [0, 0.05) is 31.4 Å². The van der Waals surface area contributed by atoms with E-state index in [9.17, 15) is 0 Å². The lowest BCUT2D eigenvalue weighted by molar-refractivity contribution is 0.270. The maximum Gasteiger partial charge on any atom is 0.0161 e. The van der Waals surface area contributed by atoms with Gasteiger partial charge in [0.15, 0.2) is 0 Å². The minimum atomic E-state index is 0.400. The third-order valence-electron chi connectivity index (χ3n) is 4.49. The van der Waals surface area contributed by atoms with E-state index in [1.54, 1.807) is 5.57 Å². The third kappa shape index (κ3) is 4.16. The number of rotatable bonds is 2. The Morgan fingerprint density at radius 2 is 2.22 bits per heavy atom. The maximum absolute atomic E-state index is 6.38. The lowest BCUT2D eigenvalue weighted by Crippen LogP contribution is -2.44. The van der Waals surface area contributed by atoms with Crippen LogP contribution in [-0.2, 0) is 0 Å². The second-order valence-corrected chi connectivity index (χ2v) is 8.19. The van der Waals surface area contributed by atoms with Crippen molar-refractivity contribution >= 4 is 28.4 Å². The van der Waals surface area contributed by atoms with Gasteiger partial charge < -0.3 is 5.73 Å². The zero-order valence-electron chi connectivity index (χ0n) is 11.4. The summed E-state index contributed by atoms with van der Waals surface area (Å²) in [5.41, 5.74) is 8.05. The van der Waals surface area contributed by atoms with Crippen LogP contribution in [0.25, 0.3) is 0 Å². The zero-order valence-corrected chi connectivity index (χ0v) is 14.5. The Bertz CT molecular complexity index is 296. The summed E-state index contributed by atoms with van der Waals surface area (Å²) in [4.78, 5) is 0. The summed E-state index contributed by atoms with van der Waals surface area (Å²) in [6.07, 6.45) is 11.3. The van der Waals surface area contributed by atoms with Crippen LogP contribution >= 0.6 is 28.4 Å². The van der Waals surface area contributed by atoms with Gasteiger partial charge in [0.1, 0.15) is 0 Å². The highest BCUT2D eigenvalue weighted by Gasteiger charge is 2.29. The molecule has 4 atom stereocenters. The van der Waals surface area contributed by atoms with E-state index in [1.807, 2.05) is 0 Å². The van der Waals surface area contributed by atoms with Crippen molar-refractivity contribution in [3.63, 3.8) is 0 Å². The van der Waals surface area contributed by atoms with Gasteiger partial charge in [-0.2, -0.15) is 0 Å². The molecule has 1 fully saturated rings. The van der Waals surface area contributed by atoms with Crippen LogP contribution in [0.15, 0.2) is 11.6 Å². The van der Waals surface area contributed by atoms with Crippen molar-refractivity contribution in [2.75, 3.05) is 13.1 Å². The molecule has 0 bridgehead atoms. The molecule has 3 unspecified atom stereocenters. The van der Waals surface area contributed by atoms with E-state index in [0.717, 1.165) is 12.3 Å². The van der Waals surface area contributed by atoms with Gasteiger partial charge in [-0.05, 0) is 60.1 Å². The van der Waals surface area contributed by atoms with Crippen molar-refractivity contribution in [3.05, 3.63) is 11.6 Å². The van der Waals surface area contributed by atoms with Crippen molar-refractivity contribution in [1.82, 2.24) is 4.67 Å². The predicted molar refractivity (Wildman–Crippen MR) is 90.3 cm³/mol. The Labute approximate surface area is 126 Å². The Kier molecular flexibility index (Phi) is 6.39. The largest absolute Gasteiger partial charge is 0.327 e. The Morgan fingerprint density at radius 3 is 3.00 bits per heavy atom. The summed E-state index contributed by atoms with van der Waals surface area (Å²) in [5, 5.41) is 0. The standard InChI is InChI=1S/C14H26IN2P/c1-11-4-2-6-12(7-3-5-11)13-10-17(18-15)9-8-14(13)16/h6,11,13-14,18H,2-5,7-10,16H2,1H3/b12-6+/t11-,13?,14?/m1/s1. The SMILES string of the molecule is C[C@@H]1CC/C=C(/C2CN(PI)CCC2N)CCC1. The van der Waals surface area contributed by atoms with Crippen LogP contribution in [0.1, 0.15) is 45.4 Å². The van der Waals surface area contributed by atoms with Crippen LogP contribution in [0.3, 0.4) is 0 Å². The Balaban J connectivity index is 2.01. The molecule has 0 aromatic heterocycles. The molecule has 104 valence electrons. The molecule has 0 radical (unpaired) electrons. The second-order valence-electron chi connectivity index (χ2n) is 5.94. The lowest BCUT2D eigenvalue weighted by Gasteiger charge is -2.37. The number of hydrogen-bond donors (Lipinski definition) is 1. The van der Waals surface area contributed by atoms with E-state index >= 15 is 0 Å². The molecule has 4 heteroatoms. The number of piperidine rings is 1. The van der Waals surface area contributed by atoms with Crippen LogP contribution < -0.4 is 5.73 Å². The minimum Gasteiger partial charge on any atom is -0.327 e. The fourth-order valence-corrected chi connectivity index (χ4v) is 5.02. The molecule has 0 spiro atoms. The van der Waals surface area contributed by atoms with E-state index < -0.39 is 0 Å². The van der Waals surface area contributed by atoms with Gasteiger partial charge in [-0.25, -0.2) is 0 Å². The molecule has 18 heavy (non-hydrogen) atoms. The quantitative estimate of drug-likeness (QED) is 0.444. The number of hydrogen-bond acceptors (Lipinski definition) is 2. The third-order valence-corrected chi connectivity index (χ3v) is 7.18. The van der Waals surface area contributed by atoms with Crippen LogP contribution in [0.5, 0.6) is 0 Å². The van der Waals surface area contributed by atoms with Crippen molar-refractivity contribution in [2.45, 2.75) is 51.5 Å². The molecule has 0 saturated carbocycles. The Morgan fingerprint density at radius 1 is 1.39 bits per heavy atom. The normalized spacial score (nSPS) is 39.3. The summed E-state index contributed by atoms with van der Waals surface area (Å²) in [5.74, 6) is 1.55. The molecular weight excluding hydrogens is 354 g/mol. The van der Waals surface area contributed by atoms with Gasteiger partial charge in [0.25, 0.3) is 0 Å². The highest BCUT2D eigenvalue weighted by molar-refractivity contribution is 14.2. The van der Waals surface area contributed by atoms with Gasteiger partial charge >= 0.3 is 0 Å². The van der Waals surface area contributed by atoms with E-state index in [2.05, 4.69) is 39.7 Å². The molecule has 1 aliphatic carbocycles. The summed E-state index contributed by atoms with van der Waals surface area (Å²) in [7, 11) is 0.